The number of nitrogens with zero attached hydrogens (tertiary/aromatic N) is 2. The number of aromatic nitrogens is 2. The van der Waals surface area contributed by atoms with Crippen molar-refractivity contribution in [2.75, 3.05) is 0 Å². The molecule has 0 unspecified atom stereocenters. The maximum atomic E-state index is 10.4. The van der Waals surface area contributed by atoms with Crippen molar-refractivity contribution in [1.29, 1.82) is 0 Å². The first-order chi connectivity index (χ1) is 8.86. The molecule has 0 spiro atoms. The maximum absolute atomic E-state index is 10.4. The quantitative estimate of drug-likeness (QED) is 0.887. The number of aromatic hydroxyl groups is 1. The zero-order valence-corrected chi connectivity index (χ0v) is 12.4. The Morgan fingerprint density at radius 2 is 1.84 bits per heavy atom. The van der Waals surface area contributed by atoms with E-state index in [1.165, 1.54) is 5.56 Å². The van der Waals surface area contributed by atoms with Crippen LogP contribution in [-0.4, -0.2) is 14.9 Å². The number of hydrogen-bond donors (Lipinski definition) is 1. The fraction of sp³-hybridized carbons (Fsp3) is 0.438. The van der Waals surface area contributed by atoms with Crippen LogP contribution in [0.3, 0.4) is 0 Å². The Morgan fingerprint density at radius 1 is 1.21 bits per heavy atom. The van der Waals surface area contributed by atoms with Crippen LogP contribution in [0.5, 0.6) is 5.88 Å². The van der Waals surface area contributed by atoms with Gasteiger partial charge in [-0.25, -0.2) is 4.68 Å². The molecule has 0 saturated heterocycles. The highest BCUT2D eigenvalue weighted by atomic mass is 16.3. The van der Waals surface area contributed by atoms with Gasteiger partial charge < -0.3 is 5.11 Å². The summed E-state index contributed by atoms with van der Waals surface area (Å²) in [7, 11) is 0. The topological polar surface area (TPSA) is 38.0 Å². The summed E-state index contributed by atoms with van der Waals surface area (Å²) in [6.45, 7) is 11.0. The number of benzene rings is 1. The van der Waals surface area contributed by atoms with Crippen LogP contribution >= 0.6 is 0 Å². The third-order valence-electron chi connectivity index (χ3n) is 3.38. The molecule has 0 atom stereocenters. The van der Waals surface area contributed by atoms with E-state index in [-0.39, 0.29) is 11.3 Å². The van der Waals surface area contributed by atoms with Gasteiger partial charge in [-0.3, -0.25) is 0 Å². The number of hydrogen-bond acceptors (Lipinski definition) is 2. The van der Waals surface area contributed by atoms with E-state index in [0.717, 1.165) is 16.8 Å². The fourth-order valence-corrected chi connectivity index (χ4v) is 2.39. The molecule has 1 heterocycles. The van der Waals surface area contributed by atoms with Crippen molar-refractivity contribution >= 4 is 0 Å². The van der Waals surface area contributed by atoms with E-state index in [2.05, 4.69) is 44.9 Å². The molecule has 0 bridgehead atoms. The lowest BCUT2D eigenvalue weighted by Crippen LogP contribution is -2.12. The highest BCUT2D eigenvalue weighted by Gasteiger charge is 2.28. The summed E-state index contributed by atoms with van der Waals surface area (Å²) in [6, 6.07) is 8.17. The first-order valence-electron chi connectivity index (χ1n) is 6.72. The monoisotopic (exact) mass is 258 g/mol. The first kappa shape index (κ1) is 13.7. The van der Waals surface area contributed by atoms with Gasteiger partial charge in [0.2, 0.25) is 5.88 Å². The van der Waals surface area contributed by atoms with Gasteiger partial charge in [-0.05, 0) is 24.8 Å². The number of aryl methyl sites for hydroxylation is 2. The lowest BCUT2D eigenvalue weighted by atomic mass is 9.84. The average Bonchev–Trinajstić information content (AvgIpc) is 2.66. The van der Waals surface area contributed by atoms with Gasteiger partial charge in [0.05, 0.1) is 0 Å². The summed E-state index contributed by atoms with van der Waals surface area (Å²) in [4.78, 5) is 0. The van der Waals surface area contributed by atoms with E-state index < -0.39 is 0 Å². The molecular weight excluding hydrogens is 236 g/mol. The Balaban J connectivity index is 2.74. The minimum Gasteiger partial charge on any atom is -0.493 e. The van der Waals surface area contributed by atoms with Crippen LogP contribution in [0.15, 0.2) is 24.3 Å². The summed E-state index contributed by atoms with van der Waals surface area (Å²) in [5, 5.41) is 15.0. The van der Waals surface area contributed by atoms with Gasteiger partial charge in [0.1, 0.15) is 5.69 Å². The molecule has 1 aromatic carbocycles. The van der Waals surface area contributed by atoms with E-state index in [0.29, 0.717) is 6.54 Å². The van der Waals surface area contributed by atoms with E-state index in [1.54, 1.807) is 4.68 Å². The van der Waals surface area contributed by atoms with Crippen molar-refractivity contribution < 1.29 is 5.11 Å². The minimum atomic E-state index is -0.144. The molecule has 102 valence electrons. The smallest absolute Gasteiger partial charge is 0.213 e. The Kier molecular flexibility index (Phi) is 3.40. The van der Waals surface area contributed by atoms with Crippen LogP contribution in [0.4, 0.5) is 0 Å². The van der Waals surface area contributed by atoms with Crippen LogP contribution < -0.4 is 0 Å². The lowest BCUT2D eigenvalue weighted by molar-refractivity contribution is 0.389. The van der Waals surface area contributed by atoms with Crippen LogP contribution in [0, 0.1) is 6.92 Å². The Labute approximate surface area is 114 Å². The molecule has 0 fully saturated rings. The van der Waals surface area contributed by atoms with Crippen molar-refractivity contribution in [2.45, 2.75) is 46.6 Å². The summed E-state index contributed by atoms with van der Waals surface area (Å²) >= 11 is 0. The maximum Gasteiger partial charge on any atom is 0.213 e. The average molecular weight is 258 g/mol. The van der Waals surface area contributed by atoms with Gasteiger partial charge in [0.15, 0.2) is 0 Å². The number of rotatable bonds is 2. The molecule has 0 aliphatic heterocycles. The predicted molar refractivity (Wildman–Crippen MR) is 78.4 cm³/mol. The molecule has 2 aromatic rings. The van der Waals surface area contributed by atoms with E-state index >= 15 is 0 Å². The second-order valence-corrected chi connectivity index (χ2v) is 5.93. The zero-order chi connectivity index (χ0) is 14.2. The van der Waals surface area contributed by atoms with Crippen LogP contribution in [-0.2, 0) is 12.0 Å². The summed E-state index contributed by atoms with van der Waals surface area (Å²) in [5.74, 6) is 0.285. The van der Waals surface area contributed by atoms with Crippen molar-refractivity contribution in [3.63, 3.8) is 0 Å². The Morgan fingerprint density at radius 3 is 2.37 bits per heavy atom. The van der Waals surface area contributed by atoms with E-state index in [1.807, 2.05) is 19.1 Å². The molecule has 0 amide bonds. The highest BCUT2D eigenvalue weighted by molar-refractivity contribution is 5.70. The molecule has 1 aromatic heterocycles. The van der Waals surface area contributed by atoms with E-state index in [9.17, 15) is 5.11 Å². The normalized spacial score (nSPS) is 11.8. The molecule has 3 heteroatoms. The van der Waals surface area contributed by atoms with Gasteiger partial charge in [-0.1, -0.05) is 45.0 Å². The molecule has 0 aliphatic carbocycles. The molecule has 3 nitrogen and oxygen atoms in total. The summed E-state index contributed by atoms with van der Waals surface area (Å²) < 4.78 is 1.67. The largest absolute Gasteiger partial charge is 0.493 e. The van der Waals surface area contributed by atoms with Crippen molar-refractivity contribution in [3.8, 4) is 17.1 Å². The fourth-order valence-electron chi connectivity index (χ4n) is 2.39. The van der Waals surface area contributed by atoms with Crippen LogP contribution in [0.1, 0.15) is 38.8 Å². The highest BCUT2D eigenvalue weighted by Crippen LogP contribution is 2.39. The first-order valence-corrected chi connectivity index (χ1v) is 6.72. The van der Waals surface area contributed by atoms with Gasteiger partial charge >= 0.3 is 0 Å². The third-order valence-corrected chi connectivity index (χ3v) is 3.38. The van der Waals surface area contributed by atoms with Gasteiger partial charge in [0, 0.05) is 17.7 Å². The molecule has 1 N–H and O–H groups in total. The molecule has 0 saturated carbocycles. The summed E-state index contributed by atoms with van der Waals surface area (Å²) in [6.07, 6.45) is 0. The lowest BCUT2D eigenvalue weighted by Gasteiger charge is -2.19. The van der Waals surface area contributed by atoms with Crippen molar-refractivity contribution in [3.05, 3.63) is 35.4 Å². The third kappa shape index (κ3) is 2.37. The Bertz CT molecular complexity index is 591. The van der Waals surface area contributed by atoms with E-state index in [4.69, 9.17) is 0 Å². The second kappa shape index (κ2) is 4.72. The zero-order valence-electron chi connectivity index (χ0n) is 12.4. The Hall–Kier alpha value is -1.77. The molecular formula is C16H22N2O. The van der Waals surface area contributed by atoms with Crippen molar-refractivity contribution in [2.24, 2.45) is 0 Å². The SMILES string of the molecule is CCn1nc(-c2ccccc2C)c(C(C)(C)C)c1O. The molecule has 2 rings (SSSR count). The predicted octanol–water partition coefficient (Wildman–Crippen LogP) is 3.88. The molecule has 0 aliphatic rings. The van der Waals surface area contributed by atoms with Gasteiger partial charge in [0.25, 0.3) is 0 Å². The standard InChI is InChI=1S/C16H22N2O/c1-6-18-15(19)13(16(3,4)5)14(17-18)12-10-8-7-9-11(12)2/h7-10,19H,6H2,1-5H3. The van der Waals surface area contributed by atoms with Gasteiger partial charge in [-0.2, -0.15) is 5.10 Å². The molecule has 19 heavy (non-hydrogen) atoms. The molecule has 0 radical (unpaired) electrons. The van der Waals surface area contributed by atoms with Crippen LogP contribution in [0.2, 0.25) is 0 Å². The second-order valence-electron chi connectivity index (χ2n) is 5.93. The summed E-state index contributed by atoms with van der Waals surface area (Å²) in [5.41, 5.74) is 3.94. The van der Waals surface area contributed by atoms with Crippen molar-refractivity contribution in [1.82, 2.24) is 9.78 Å². The minimum absolute atomic E-state index is 0.144. The van der Waals surface area contributed by atoms with Crippen LogP contribution in [0.25, 0.3) is 11.3 Å². The van der Waals surface area contributed by atoms with Gasteiger partial charge in [-0.15, -0.1) is 0 Å².